The van der Waals surface area contributed by atoms with Gasteiger partial charge in [0.15, 0.2) is 9.84 Å². The molecular weight excluding hydrogens is 248 g/mol. The largest absolute Gasteiger partial charge is 0.227 e. The van der Waals surface area contributed by atoms with Gasteiger partial charge in [0.2, 0.25) is 0 Å². The van der Waals surface area contributed by atoms with Crippen molar-refractivity contribution in [3.63, 3.8) is 0 Å². The van der Waals surface area contributed by atoms with E-state index < -0.39 is 9.84 Å². The first-order chi connectivity index (χ1) is 7.21. The second-order valence-electron chi connectivity index (χ2n) is 4.18. The third-order valence-corrected chi connectivity index (χ3v) is 9.64. The molecule has 0 aliphatic carbocycles. The van der Waals surface area contributed by atoms with Crippen LogP contribution in [0.3, 0.4) is 0 Å². The zero-order chi connectivity index (χ0) is 10.7. The molecule has 2 heterocycles. The molecule has 2 aliphatic rings. The maximum Gasteiger partial charge on any atom is 0.174 e. The second-order valence-corrected chi connectivity index (χ2v) is 9.72. The van der Waals surface area contributed by atoms with Crippen molar-refractivity contribution in [2.75, 3.05) is 11.5 Å². The summed E-state index contributed by atoms with van der Waals surface area (Å²) in [5.41, 5.74) is 0. The van der Waals surface area contributed by atoms with Gasteiger partial charge in [0.1, 0.15) is 9.16 Å². The summed E-state index contributed by atoms with van der Waals surface area (Å²) in [5.74, 6) is 2.06. The number of hydrogen-bond donors (Lipinski definition) is 0. The van der Waals surface area contributed by atoms with Crippen LogP contribution in [0.1, 0.15) is 38.5 Å². The lowest BCUT2D eigenvalue weighted by molar-refractivity contribution is 0.573. The molecule has 0 saturated carbocycles. The Morgan fingerprint density at radius 1 is 0.800 bits per heavy atom. The van der Waals surface area contributed by atoms with Gasteiger partial charge in [0.25, 0.3) is 0 Å². The monoisotopic (exact) mass is 266 g/mol. The zero-order valence-corrected chi connectivity index (χ0v) is 11.3. The van der Waals surface area contributed by atoms with Crippen molar-refractivity contribution in [1.82, 2.24) is 0 Å². The van der Waals surface area contributed by atoms with Gasteiger partial charge >= 0.3 is 0 Å². The fourth-order valence-electron chi connectivity index (χ4n) is 2.11. The van der Waals surface area contributed by atoms with Gasteiger partial charge < -0.3 is 0 Å². The van der Waals surface area contributed by atoms with Crippen LogP contribution in [0.5, 0.6) is 0 Å². The van der Waals surface area contributed by atoms with Gasteiger partial charge in [-0.05, 0) is 37.2 Å². The van der Waals surface area contributed by atoms with Gasteiger partial charge in [-0.25, -0.2) is 8.42 Å². The Morgan fingerprint density at radius 2 is 1.27 bits per heavy atom. The Labute approximate surface area is 101 Å². The van der Waals surface area contributed by atoms with Gasteiger partial charge in [0, 0.05) is 0 Å². The van der Waals surface area contributed by atoms with Crippen LogP contribution in [-0.4, -0.2) is 29.1 Å². The maximum atomic E-state index is 12.3. The van der Waals surface area contributed by atoms with E-state index >= 15 is 0 Å². The van der Waals surface area contributed by atoms with Crippen molar-refractivity contribution >= 4 is 33.4 Å². The Balaban J connectivity index is 2.03. The molecule has 0 bridgehead atoms. The molecule has 0 aromatic heterocycles. The number of hydrogen-bond acceptors (Lipinski definition) is 4. The minimum atomic E-state index is -2.86. The van der Waals surface area contributed by atoms with Gasteiger partial charge in [0.05, 0.1) is 0 Å². The molecule has 0 N–H and O–H groups in total. The van der Waals surface area contributed by atoms with Crippen LogP contribution in [0, 0.1) is 0 Å². The quantitative estimate of drug-likeness (QED) is 0.769. The average Bonchev–Trinajstić information content (AvgIpc) is 2.31. The van der Waals surface area contributed by atoms with E-state index in [0.717, 1.165) is 37.2 Å². The van der Waals surface area contributed by atoms with E-state index in [2.05, 4.69) is 0 Å². The van der Waals surface area contributed by atoms with Gasteiger partial charge in [-0.1, -0.05) is 12.8 Å². The van der Waals surface area contributed by atoms with Crippen LogP contribution in [0.25, 0.3) is 0 Å². The number of rotatable bonds is 2. The third kappa shape index (κ3) is 2.86. The molecule has 0 radical (unpaired) electrons. The van der Waals surface area contributed by atoms with Crippen molar-refractivity contribution in [2.45, 2.75) is 47.7 Å². The molecule has 2 nitrogen and oxygen atoms in total. The molecule has 5 heteroatoms. The molecule has 0 spiro atoms. The molecule has 2 aliphatic heterocycles. The molecule has 0 aromatic carbocycles. The first kappa shape index (κ1) is 12.1. The summed E-state index contributed by atoms with van der Waals surface area (Å²) in [7, 11) is -2.86. The van der Waals surface area contributed by atoms with E-state index in [1.165, 1.54) is 12.8 Å². The van der Waals surface area contributed by atoms with Gasteiger partial charge in [-0.3, -0.25) is 0 Å². The summed E-state index contributed by atoms with van der Waals surface area (Å²) in [6.07, 6.45) is 6.32. The molecule has 2 fully saturated rings. The molecule has 88 valence electrons. The summed E-state index contributed by atoms with van der Waals surface area (Å²) in [4.78, 5) is 0. The lowest BCUT2D eigenvalue weighted by atomic mass is 10.3. The fraction of sp³-hybridized carbons (Fsp3) is 1.00. The van der Waals surface area contributed by atoms with Crippen LogP contribution in [-0.2, 0) is 9.84 Å². The SMILES string of the molecule is O=S(=O)(C1CCCCS1)C1CCCCS1. The maximum absolute atomic E-state index is 12.3. The van der Waals surface area contributed by atoms with Crippen LogP contribution >= 0.6 is 23.5 Å². The third-order valence-electron chi connectivity index (χ3n) is 3.01. The van der Waals surface area contributed by atoms with Crippen molar-refractivity contribution in [3.8, 4) is 0 Å². The Hall–Kier alpha value is 0.650. The first-order valence-electron chi connectivity index (χ1n) is 5.67. The van der Waals surface area contributed by atoms with Gasteiger partial charge in [-0.15, -0.1) is 23.5 Å². The molecule has 0 amide bonds. The second kappa shape index (κ2) is 5.32. The lowest BCUT2D eigenvalue weighted by Gasteiger charge is -2.28. The van der Waals surface area contributed by atoms with E-state index in [4.69, 9.17) is 0 Å². The highest BCUT2D eigenvalue weighted by atomic mass is 32.3. The predicted octanol–water partition coefficient (Wildman–Crippen LogP) is 2.89. The highest BCUT2D eigenvalue weighted by Gasteiger charge is 2.36. The highest BCUT2D eigenvalue weighted by Crippen LogP contribution is 2.38. The predicted molar refractivity (Wildman–Crippen MR) is 69.1 cm³/mol. The molecule has 0 aromatic rings. The highest BCUT2D eigenvalue weighted by molar-refractivity contribution is 8.20. The number of thioether (sulfide) groups is 2. The Morgan fingerprint density at radius 3 is 1.60 bits per heavy atom. The topological polar surface area (TPSA) is 34.1 Å². The van der Waals surface area contributed by atoms with E-state index in [0.29, 0.717) is 0 Å². The molecule has 2 atom stereocenters. The summed E-state index contributed by atoms with van der Waals surface area (Å²) in [5, 5.41) is 0. The Bertz CT molecular complexity index is 264. The fourth-order valence-corrected chi connectivity index (χ4v) is 8.48. The van der Waals surface area contributed by atoms with Crippen LogP contribution in [0.2, 0.25) is 0 Å². The minimum absolute atomic E-state index is 0.0955. The lowest BCUT2D eigenvalue weighted by Crippen LogP contribution is -2.31. The summed E-state index contributed by atoms with van der Waals surface area (Å²) >= 11 is 3.32. The molecular formula is C10H18O2S3. The van der Waals surface area contributed by atoms with Crippen molar-refractivity contribution < 1.29 is 8.42 Å². The zero-order valence-electron chi connectivity index (χ0n) is 8.85. The summed E-state index contributed by atoms with van der Waals surface area (Å²) in [6, 6.07) is 0. The van der Waals surface area contributed by atoms with Crippen molar-refractivity contribution in [3.05, 3.63) is 0 Å². The summed E-state index contributed by atoms with van der Waals surface area (Å²) in [6.45, 7) is 0. The molecule has 2 unspecified atom stereocenters. The minimum Gasteiger partial charge on any atom is -0.227 e. The van der Waals surface area contributed by atoms with Gasteiger partial charge in [-0.2, -0.15) is 0 Å². The number of sulfone groups is 1. The van der Waals surface area contributed by atoms with Crippen LogP contribution < -0.4 is 0 Å². The smallest absolute Gasteiger partial charge is 0.174 e. The molecule has 15 heavy (non-hydrogen) atoms. The standard InChI is InChI=1S/C10H18O2S3/c11-15(12,9-5-1-3-7-13-9)10-6-2-4-8-14-10/h9-10H,1-8H2. The van der Waals surface area contributed by atoms with Crippen molar-refractivity contribution in [1.29, 1.82) is 0 Å². The van der Waals surface area contributed by atoms with Crippen LogP contribution in [0.4, 0.5) is 0 Å². The summed E-state index contributed by atoms with van der Waals surface area (Å²) < 4.78 is 24.4. The Kier molecular flexibility index (Phi) is 4.30. The van der Waals surface area contributed by atoms with E-state index in [9.17, 15) is 8.42 Å². The normalized spacial score (nSPS) is 33.9. The van der Waals surface area contributed by atoms with Crippen molar-refractivity contribution in [2.24, 2.45) is 0 Å². The average molecular weight is 266 g/mol. The molecule has 2 rings (SSSR count). The van der Waals surface area contributed by atoms with Crippen LogP contribution in [0.15, 0.2) is 0 Å². The van der Waals surface area contributed by atoms with E-state index in [-0.39, 0.29) is 9.16 Å². The van der Waals surface area contributed by atoms with E-state index in [1.54, 1.807) is 23.5 Å². The first-order valence-corrected chi connectivity index (χ1v) is 9.38. The molecule has 2 saturated heterocycles. The van der Waals surface area contributed by atoms with E-state index in [1.807, 2.05) is 0 Å².